The summed E-state index contributed by atoms with van der Waals surface area (Å²) in [5, 5.41) is 0. The van der Waals surface area contributed by atoms with Crippen LogP contribution in [-0.2, 0) is 19.1 Å². The topological polar surface area (TPSA) is 72.9 Å². The highest BCUT2D eigenvalue weighted by atomic mass is 16.6. The van der Waals surface area contributed by atoms with Crippen molar-refractivity contribution in [2.75, 3.05) is 12.0 Å². The summed E-state index contributed by atoms with van der Waals surface area (Å²) < 4.78 is 10.6. The molecule has 0 bridgehead atoms. The van der Waals surface area contributed by atoms with Crippen LogP contribution in [0.5, 0.6) is 0 Å². The van der Waals surface area contributed by atoms with Gasteiger partial charge in [-0.05, 0) is 50.0 Å². The zero-order chi connectivity index (χ0) is 27.4. The third kappa shape index (κ3) is 5.44. The molecule has 1 unspecified atom stereocenters. The summed E-state index contributed by atoms with van der Waals surface area (Å²) in [6.45, 7) is 9.32. The Hall–Kier alpha value is -4.45. The molecule has 0 radical (unpaired) electrons. The van der Waals surface area contributed by atoms with Crippen LogP contribution in [-0.4, -0.2) is 30.7 Å². The van der Waals surface area contributed by atoms with Crippen LogP contribution in [0.15, 0.2) is 97.1 Å². The van der Waals surface area contributed by atoms with Gasteiger partial charge in [-0.1, -0.05) is 85.4 Å². The zero-order valence-corrected chi connectivity index (χ0v) is 22.1. The maximum Gasteiger partial charge on any atom is 0.422 e. The normalized spacial score (nSPS) is 14.9. The van der Waals surface area contributed by atoms with E-state index in [9.17, 15) is 14.4 Å². The number of esters is 1. The van der Waals surface area contributed by atoms with Crippen LogP contribution < -0.4 is 4.90 Å². The lowest BCUT2D eigenvalue weighted by atomic mass is 9.81. The lowest BCUT2D eigenvalue weighted by Gasteiger charge is -2.24. The Morgan fingerprint density at radius 2 is 1.47 bits per heavy atom. The van der Waals surface area contributed by atoms with Gasteiger partial charge in [-0.15, -0.1) is 0 Å². The van der Waals surface area contributed by atoms with Gasteiger partial charge in [0.05, 0.1) is 18.4 Å². The van der Waals surface area contributed by atoms with E-state index in [-0.39, 0.29) is 12.0 Å². The molecular formula is C32H31NO5. The van der Waals surface area contributed by atoms with E-state index in [1.165, 1.54) is 7.11 Å². The molecule has 1 aliphatic rings. The van der Waals surface area contributed by atoms with Gasteiger partial charge in [0.2, 0.25) is 0 Å². The largest absolute Gasteiger partial charge is 0.466 e. The second-order valence-electron chi connectivity index (χ2n) is 10.0. The van der Waals surface area contributed by atoms with Crippen LogP contribution in [0.1, 0.15) is 49.8 Å². The van der Waals surface area contributed by atoms with Gasteiger partial charge in [-0.25, -0.2) is 14.5 Å². The van der Waals surface area contributed by atoms with Crippen molar-refractivity contribution in [1.82, 2.24) is 0 Å². The first-order chi connectivity index (χ1) is 18.1. The molecule has 1 aliphatic heterocycles. The number of amides is 2. The van der Waals surface area contributed by atoms with Crippen LogP contribution in [0, 0.1) is 0 Å². The van der Waals surface area contributed by atoms with E-state index in [2.05, 4.69) is 6.58 Å². The molecule has 4 rings (SSSR count). The Labute approximate surface area is 223 Å². The van der Waals surface area contributed by atoms with Gasteiger partial charge in [0, 0.05) is 17.1 Å². The highest BCUT2D eigenvalue weighted by Gasteiger charge is 2.41. The molecule has 0 aromatic heterocycles. The Morgan fingerprint density at radius 3 is 2.08 bits per heavy atom. The number of imide groups is 1. The SMILES string of the molecule is C=C(C(=O)OC)C(C/C(=C1/C(=O)N(C(=O)OC(C)(C)C)c2ccccc21)c1ccccc1)c1ccccc1. The molecule has 0 fully saturated rings. The third-order valence-corrected chi connectivity index (χ3v) is 6.31. The summed E-state index contributed by atoms with van der Waals surface area (Å²) in [6.07, 6.45) is -0.463. The minimum Gasteiger partial charge on any atom is -0.466 e. The van der Waals surface area contributed by atoms with Crippen molar-refractivity contribution in [3.63, 3.8) is 0 Å². The van der Waals surface area contributed by atoms with Gasteiger partial charge in [0.1, 0.15) is 5.60 Å². The van der Waals surface area contributed by atoms with Gasteiger partial charge in [-0.3, -0.25) is 4.79 Å². The molecule has 0 aliphatic carbocycles. The maximum absolute atomic E-state index is 14.0. The first-order valence-electron chi connectivity index (χ1n) is 12.4. The Balaban J connectivity index is 1.93. The van der Waals surface area contributed by atoms with Crippen LogP contribution in [0.3, 0.4) is 0 Å². The minimum absolute atomic E-state index is 0.274. The van der Waals surface area contributed by atoms with Gasteiger partial charge < -0.3 is 9.47 Å². The molecule has 3 aromatic rings. The number of para-hydroxylation sites is 1. The van der Waals surface area contributed by atoms with E-state index in [0.717, 1.165) is 16.0 Å². The smallest absolute Gasteiger partial charge is 0.422 e. The number of ether oxygens (including phenoxy) is 2. The number of hydrogen-bond acceptors (Lipinski definition) is 5. The second kappa shape index (κ2) is 10.9. The average molecular weight is 510 g/mol. The van der Waals surface area contributed by atoms with Crippen molar-refractivity contribution in [1.29, 1.82) is 0 Å². The van der Waals surface area contributed by atoms with Crippen molar-refractivity contribution < 1.29 is 23.9 Å². The standard InChI is InChI=1S/C32H31NO5/c1-21(30(35)37-5)25(22-14-8-6-9-15-22)20-26(23-16-10-7-11-17-23)28-24-18-12-13-19-27(24)33(29(28)34)31(36)38-32(2,3)4/h6-19,25H,1,20H2,2-5H3/b28-26-. The van der Waals surface area contributed by atoms with Crippen molar-refractivity contribution in [2.45, 2.75) is 38.7 Å². The van der Waals surface area contributed by atoms with E-state index in [1.54, 1.807) is 32.9 Å². The summed E-state index contributed by atoms with van der Waals surface area (Å²) in [4.78, 5) is 41.0. The highest BCUT2D eigenvalue weighted by Crippen LogP contribution is 2.45. The van der Waals surface area contributed by atoms with Gasteiger partial charge in [0.15, 0.2) is 0 Å². The van der Waals surface area contributed by atoms with Crippen LogP contribution in [0.25, 0.3) is 11.1 Å². The second-order valence-corrected chi connectivity index (χ2v) is 10.0. The molecule has 6 heteroatoms. The van der Waals surface area contributed by atoms with Crippen LogP contribution in [0.2, 0.25) is 0 Å². The number of benzene rings is 3. The minimum atomic E-state index is -0.780. The lowest BCUT2D eigenvalue weighted by Crippen LogP contribution is -2.38. The number of rotatable bonds is 6. The van der Waals surface area contributed by atoms with E-state index in [4.69, 9.17) is 9.47 Å². The molecule has 1 atom stereocenters. The number of allylic oxidation sites excluding steroid dienone is 1. The van der Waals surface area contributed by atoms with Crippen molar-refractivity contribution in [2.24, 2.45) is 0 Å². The molecule has 1 heterocycles. The van der Waals surface area contributed by atoms with Crippen LogP contribution >= 0.6 is 0 Å². The van der Waals surface area contributed by atoms with Gasteiger partial charge >= 0.3 is 12.1 Å². The Bertz CT molecular complexity index is 1400. The van der Waals surface area contributed by atoms with E-state index >= 15 is 0 Å². The fourth-order valence-corrected chi connectivity index (χ4v) is 4.61. The third-order valence-electron chi connectivity index (χ3n) is 6.31. The summed E-state index contributed by atoms with van der Waals surface area (Å²) in [6, 6.07) is 26.2. The predicted octanol–water partition coefficient (Wildman–Crippen LogP) is 6.78. The number of hydrogen-bond donors (Lipinski definition) is 0. The molecule has 38 heavy (non-hydrogen) atoms. The molecule has 2 amide bonds. The van der Waals surface area contributed by atoms with E-state index in [0.29, 0.717) is 22.4 Å². The molecule has 0 N–H and O–H groups in total. The molecule has 0 saturated carbocycles. The molecule has 0 saturated heterocycles. The Morgan fingerprint density at radius 1 is 0.895 bits per heavy atom. The average Bonchev–Trinajstić information content (AvgIpc) is 3.20. The predicted molar refractivity (Wildman–Crippen MR) is 148 cm³/mol. The number of methoxy groups -OCH3 is 1. The van der Waals surface area contributed by atoms with Crippen molar-refractivity contribution in [3.05, 3.63) is 114 Å². The molecule has 6 nitrogen and oxygen atoms in total. The fourth-order valence-electron chi connectivity index (χ4n) is 4.61. The monoisotopic (exact) mass is 509 g/mol. The maximum atomic E-state index is 14.0. The number of carbonyl (C=O) groups is 3. The molecular weight excluding hydrogens is 478 g/mol. The number of fused-ring (bicyclic) bond motifs is 1. The number of nitrogens with zero attached hydrogens (tertiary/aromatic N) is 1. The first-order valence-corrected chi connectivity index (χ1v) is 12.4. The van der Waals surface area contributed by atoms with Crippen LogP contribution in [0.4, 0.5) is 10.5 Å². The number of anilines is 1. The molecule has 0 spiro atoms. The van der Waals surface area contributed by atoms with E-state index < -0.39 is 29.5 Å². The lowest BCUT2D eigenvalue weighted by molar-refractivity contribution is -0.136. The van der Waals surface area contributed by atoms with Gasteiger partial charge in [0.25, 0.3) is 5.91 Å². The summed E-state index contributed by atoms with van der Waals surface area (Å²) >= 11 is 0. The highest BCUT2D eigenvalue weighted by molar-refractivity contribution is 6.43. The first kappa shape index (κ1) is 26.6. The fraction of sp³-hybridized carbons (Fsp3) is 0.219. The zero-order valence-electron chi connectivity index (χ0n) is 22.1. The Kier molecular flexibility index (Phi) is 7.62. The van der Waals surface area contributed by atoms with Gasteiger partial charge in [-0.2, -0.15) is 0 Å². The summed E-state index contributed by atoms with van der Waals surface area (Å²) in [5.74, 6) is -1.47. The molecule has 3 aromatic carbocycles. The van der Waals surface area contributed by atoms with Crippen molar-refractivity contribution in [3.8, 4) is 0 Å². The summed E-state index contributed by atoms with van der Waals surface area (Å²) in [5.41, 5.74) is 3.31. The molecule has 194 valence electrons. The number of carbonyl (C=O) groups excluding carboxylic acids is 3. The summed E-state index contributed by atoms with van der Waals surface area (Å²) in [7, 11) is 1.32. The van der Waals surface area contributed by atoms with Crippen molar-refractivity contribution >= 4 is 34.8 Å². The quantitative estimate of drug-likeness (QED) is 0.270. The van der Waals surface area contributed by atoms with E-state index in [1.807, 2.05) is 72.8 Å².